The molecule has 2 rings (SSSR count). The van der Waals surface area contributed by atoms with E-state index in [1.54, 1.807) is 24.3 Å². The fourth-order valence-corrected chi connectivity index (χ4v) is 2.34. The van der Waals surface area contributed by atoms with Crippen molar-refractivity contribution in [2.24, 2.45) is 5.92 Å². The first-order chi connectivity index (χ1) is 10.5. The molecule has 0 aliphatic rings. The van der Waals surface area contributed by atoms with E-state index in [9.17, 15) is 4.79 Å². The molecular weight excluding hydrogens is 276 g/mol. The lowest BCUT2D eigenvalue weighted by molar-refractivity contribution is 0.0697. The van der Waals surface area contributed by atoms with Crippen LogP contribution in [0.3, 0.4) is 0 Å². The van der Waals surface area contributed by atoms with Crippen LogP contribution < -0.4 is 4.74 Å². The molecule has 0 aromatic heterocycles. The molecule has 0 amide bonds. The molecule has 0 saturated carbocycles. The van der Waals surface area contributed by atoms with E-state index in [1.165, 1.54) is 5.56 Å². The lowest BCUT2D eigenvalue weighted by atomic mass is 10.0. The van der Waals surface area contributed by atoms with E-state index in [1.807, 2.05) is 6.92 Å². The number of carboxylic acids is 1. The van der Waals surface area contributed by atoms with Gasteiger partial charge in [-0.25, -0.2) is 4.79 Å². The summed E-state index contributed by atoms with van der Waals surface area (Å²) in [5.74, 6) is 0.386. The predicted octanol–water partition coefficient (Wildman–Crippen LogP) is 4.72. The molecule has 0 spiro atoms. The normalized spacial score (nSPS) is 12.2. The Kier molecular flexibility index (Phi) is 5.21. The van der Waals surface area contributed by atoms with Gasteiger partial charge in [0.15, 0.2) is 0 Å². The Bertz CT molecular complexity index is 612. The van der Waals surface area contributed by atoms with Crippen molar-refractivity contribution in [2.75, 3.05) is 0 Å². The van der Waals surface area contributed by atoms with E-state index < -0.39 is 5.97 Å². The minimum absolute atomic E-state index is 0.0798. The smallest absolute Gasteiger partial charge is 0.335 e. The third-order valence-electron chi connectivity index (χ3n) is 3.51. The Hall–Kier alpha value is -2.29. The van der Waals surface area contributed by atoms with E-state index >= 15 is 0 Å². The molecule has 1 unspecified atom stereocenters. The average Bonchev–Trinajstić information content (AvgIpc) is 2.48. The van der Waals surface area contributed by atoms with Crippen LogP contribution in [0.5, 0.6) is 5.75 Å². The number of hydrogen-bond donors (Lipinski definition) is 1. The number of rotatable bonds is 6. The Balaban J connectivity index is 2.02. The zero-order chi connectivity index (χ0) is 16.1. The number of benzene rings is 2. The molecule has 0 heterocycles. The van der Waals surface area contributed by atoms with Crippen molar-refractivity contribution in [3.8, 4) is 5.75 Å². The second kappa shape index (κ2) is 7.12. The van der Waals surface area contributed by atoms with E-state index in [2.05, 4.69) is 38.1 Å². The monoisotopic (exact) mass is 298 g/mol. The predicted molar refractivity (Wildman–Crippen MR) is 87.4 cm³/mol. The maximum Gasteiger partial charge on any atom is 0.335 e. The van der Waals surface area contributed by atoms with Gasteiger partial charge in [-0.1, -0.05) is 38.1 Å². The molecule has 22 heavy (non-hydrogen) atoms. The Morgan fingerprint density at radius 2 is 1.59 bits per heavy atom. The minimum Gasteiger partial charge on any atom is -0.486 e. The average molecular weight is 298 g/mol. The van der Waals surface area contributed by atoms with Crippen LogP contribution >= 0.6 is 0 Å². The van der Waals surface area contributed by atoms with Gasteiger partial charge in [0.1, 0.15) is 11.9 Å². The molecular formula is C19H22O3. The molecule has 2 aromatic rings. The summed E-state index contributed by atoms with van der Waals surface area (Å²) in [5, 5.41) is 8.88. The Morgan fingerprint density at radius 1 is 1.00 bits per heavy atom. The number of aromatic carboxylic acids is 1. The fraction of sp³-hybridized carbons (Fsp3) is 0.316. The quantitative estimate of drug-likeness (QED) is 0.839. The lowest BCUT2D eigenvalue weighted by Gasteiger charge is -2.16. The van der Waals surface area contributed by atoms with Gasteiger partial charge in [-0.05, 0) is 54.7 Å². The van der Waals surface area contributed by atoms with Gasteiger partial charge in [0.05, 0.1) is 5.56 Å². The van der Waals surface area contributed by atoms with Gasteiger partial charge in [-0.3, -0.25) is 0 Å². The van der Waals surface area contributed by atoms with E-state index in [4.69, 9.17) is 9.84 Å². The number of carboxylic acid groups (broad SMARTS) is 1. The highest BCUT2D eigenvalue weighted by Gasteiger charge is 2.09. The molecule has 0 radical (unpaired) electrons. The minimum atomic E-state index is -0.930. The molecule has 1 atom stereocenters. The van der Waals surface area contributed by atoms with Gasteiger partial charge < -0.3 is 9.84 Å². The van der Waals surface area contributed by atoms with Gasteiger partial charge in [0.2, 0.25) is 0 Å². The molecule has 1 N–H and O–H groups in total. The van der Waals surface area contributed by atoms with E-state index in [-0.39, 0.29) is 11.7 Å². The van der Waals surface area contributed by atoms with Gasteiger partial charge in [0.25, 0.3) is 0 Å². The summed E-state index contributed by atoms with van der Waals surface area (Å²) in [7, 11) is 0. The Morgan fingerprint density at radius 3 is 2.09 bits per heavy atom. The summed E-state index contributed by atoms with van der Waals surface area (Å²) in [4.78, 5) is 10.8. The number of ether oxygens (including phenoxy) is 1. The van der Waals surface area contributed by atoms with Crippen LogP contribution in [-0.2, 0) is 6.42 Å². The van der Waals surface area contributed by atoms with Gasteiger partial charge in [-0.2, -0.15) is 0 Å². The maximum absolute atomic E-state index is 10.8. The van der Waals surface area contributed by atoms with Crippen LogP contribution in [-0.4, -0.2) is 11.1 Å². The second-order valence-electron chi connectivity index (χ2n) is 5.93. The van der Waals surface area contributed by atoms with Crippen molar-refractivity contribution >= 4 is 5.97 Å². The lowest BCUT2D eigenvalue weighted by Crippen LogP contribution is -2.04. The largest absolute Gasteiger partial charge is 0.486 e. The molecule has 0 fully saturated rings. The summed E-state index contributed by atoms with van der Waals surface area (Å²) < 4.78 is 5.86. The van der Waals surface area contributed by atoms with Crippen LogP contribution in [0.15, 0.2) is 48.5 Å². The van der Waals surface area contributed by atoms with Crippen molar-refractivity contribution in [1.82, 2.24) is 0 Å². The highest BCUT2D eigenvalue weighted by molar-refractivity contribution is 5.87. The second-order valence-corrected chi connectivity index (χ2v) is 5.93. The maximum atomic E-state index is 10.8. The third-order valence-corrected chi connectivity index (χ3v) is 3.51. The first-order valence-electron chi connectivity index (χ1n) is 7.54. The van der Waals surface area contributed by atoms with Gasteiger partial charge in [-0.15, -0.1) is 0 Å². The summed E-state index contributed by atoms with van der Waals surface area (Å²) in [6, 6.07) is 14.9. The first kappa shape index (κ1) is 16.1. The molecule has 0 aliphatic carbocycles. The fourth-order valence-electron chi connectivity index (χ4n) is 2.34. The highest BCUT2D eigenvalue weighted by Crippen LogP contribution is 2.23. The van der Waals surface area contributed by atoms with Crippen molar-refractivity contribution in [1.29, 1.82) is 0 Å². The van der Waals surface area contributed by atoms with Crippen molar-refractivity contribution < 1.29 is 14.6 Å². The summed E-state index contributed by atoms with van der Waals surface area (Å²) in [6.07, 6.45) is 0.996. The zero-order valence-corrected chi connectivity index (χ0v) is 13.2. The molecule has 0 saturated heterocycles. The van der Waals surface area contributed by atoms with Crippen molar-refractivity contribution in [2.45, 2.75) is 33.3 Å². The van der Waals surface area contributed by atoms with Gasteiger partial charge >= 0.3 is 5.97 Å². The highest BCUT2D eigenvalue weighted by atomic mass is 16.5. The summed E-state index contributed by atoms with van der Waals surface area (Å²) >= 11 is 0. The van der Waals surface area contributed by atoms with Crippen LogP contribution in [0.25, 0.3) is 0 Å². The van der Waals surface area contributed by atoms with Crippen molar-refractivity contribution in [3.05, 3.63) is 65.2 Å². The van der Waals surface area contributed by atoms with Crippen molar-refractivity contribution in [3.63, 3.8) is 0 Å². The number of hydrogen-bond acceptors (Lipinski definition) is 2. The third kappa shape index (κ3) is 4.35. The Labute approximate surface area is 131 Å². The summed E-state index contributed by atoms with van der Waals surface area (Å²) in [5.41, 5.74) is 2.70. The van der Waals surface area contributed by atoms with Crippen LogP contribution in [0.4, 0.5) is 0 Å². The molecule has 0 bridgehead atoms. The first-order valence-corrected chi connectivity index (χ1v) is 7.54. The van der Waals surface area contributed by atoms with Crippen LogP contribution in [0.2, 0.25) is 0 Å². The SMILES string of the molecule is CC(C)Cc1ccc(C(C)Oc2ccc(C(=O)O)cc2)cc1. The van der Waals surface area contributed by atoms with Crippen LogP contribution in [0.1, 0.15) is 48.4 Å². The molecule has 3 heteroatoms. The van der Waals surface area contributed by atoms with Crippen LogP contribution in [0, 0.1) is 5.92 Å². The number of carbonyl (C=O) groups is 1. The molecule has 2 aromatic carbocycles. The standard InChI is InChI=1S/C19H22O3/c1-13(2)12-15-4-6-16(7-5-15)14(3)22-18-10-8-17(9-11-18)19(20)21/h4-11,13-14H,12H2,1-3H3,(H,20,21). The van der Waals surface area contributed by atoms with E-state index in [0.29, 0.717) is 11.7 Å². The molecule has 3 nitrogen and oxygen atoms in total. The van der Waals surface area contributed by atoms with E-state index in [0.717, 1.165) is 12.0 Å². The van der Waals surface area contributed by atoms with Gasteiger partial charge in [0, 0.05) is 0 Å². The molecule has 0 aliphatic heterocycles. The summed E-state index contributed by atoms with van der Waals surface area (Å²) in [6.45, 7) is 6.41. The zero-order valence-electron chi connectivity index (χ0n) is 13.2. The molecule has 116 valence electrons. The topological polar surface area (TPSA) is 46.5 Å².